The monoisotopic (exact) mass is 248 g/mol. The maximum Gasteiger partial charge on any atom is 0.372 e. The number of hydrogen-bond acceptors (Lipinski definition) is 4. The third-order valence-corrected chi connectivity index (χ3v) is 2.47. The minimum atomic E-state index is -0.363. The second-order valence-corrected chi connectivity index (χ2v) is 3.90. The lowest BCUT2D eigenvalue weighted by Gasteiger charge is -2.21. The molecule has 0 saturated heterocycles. The molecule has 0 aliphatic rings. The van der Waals surface area contributed by atoms with E-state index in [1.807, 2.05) is 56.1 Å². The van der Waals surface area contributed by atoms with Crippen molar-refractivity contribution in [1.82, 2.24) is 10.4 Å². The lowest BCUT2D eigenvalue weighted by atomic mass is 10.2. The topological polar surface area (TPSA) is 41.6 Å². The molecule has 4 nitrogen and oxygen atoms in total. The fraction of sp³-hybridized carbons (Fsp3) is 0.357. The molecular formula is C14H20N2O2. The maximum atomic E-state index is 11.8. The minimum absolute atomic E-state index is 0.363. The Bertz CT molecular complexity index is 402. The highest BCUT2D eigenvalue weighted by atomic mass is 16.7. The number of carbonyl (C=O) groups excluding carboxylic acids is 1. The van der Waals surface area contributed by atoms with Crippen LogP contribution in [0.25, 0.3) is 0 Å². The summed E-state index contributed by atoms with van der Waals surface area (Å²) in [5.41, 5.74) is 4.25. The third kappa shape index (κ3) is 4.22. The van der Waals surface area contributed by atoms with E-state index in [4.69, 9.17) is 4.84 Å². The predicted octanol–water partition coefficient (Wildman–Crippen LogP) is 2.09. The van der Waals surface area contributed by atoms with Crippen molar-refractivity contribution in [2.45, 2.75) is 20.4 Å². The minimum Gasteiger partial charge on any atom is -0.366 e. The molecule has 1 N–H and O–H groups in total. The first-order valence-corrected chi connectivity index (χ1v) is 6.04. The van der Waals surface area contributed by atoms with Gasteiger partial charge < -0.3 is 9.74 Å². The Kier molecular flexibility index (Phi) is 5.94. The van der Waals surface area contributed by atoms with E-state index in [1.54, 1.807) is 6.08 Å². The summed E-state index contributed by atoms with van der Waals surface area (Å²) >= 11 is 0. The number of nitrogens with one attached hydrogen (secondary N) is 1. The number of nitrogens with zero attached hydrogens (tertiary/aromatic N) is 1. The van der Waals surface area contributed by atoms with E-state index in [0.29, 0.717) is 18.8 Å². The Balaban J connectivity index is 2.63. The van der Waals surface area contributed by atoms with Crippen molar-refractivity contribution in [2.75, 3.05) is 13.6 Å². The highest BCUT2D eigenvalue weighted by molar-refractivity contribution is 5.87. The Hall–Kier alpha value is -1.81. The Morgan fingerprint density at radius 2 is 2.06 bits per heavy atom. The van der Waals surface area contributed by atoms with Crippen LogP contribution in [0.1, 0.15) is 19.4 Å². The first-order chi connectivity index (χ1) is 8.69. The van der Waals surface area contributed by atoms with Crippen molar-refractivity contribution >= 4 is 5.97 Å². The van der Waals surface area contributed by atoms with Crippen molar-refractivity contribution in [1.29, 1.82) is 0 Å². The number of benzene rings is 1. The van der Waals surface area contributed by atoms with Gasteiger partial charge in [0.2, 0.25) is 0 Å². The molecule has 0 heterocycles. The van der Waals surface area contributed by atoms with E-state index in [2.05, 4.69) is 5.48 Å². The summed E-state index contributed by atoms with van der Waals surface area (Å²) < 4.78 is 0. The van der Waals surface area contributed by atoms with Gasteiger partial charge in [-0.25, -0.2) is 4.79 Å². The zero-order chi connectivity index (χ0) is 13.4. The Labute approximate surface area is 108 Å². The fourth-order valence-corrected chi connectivity index (χ4v) is 1.63. The van der Waals surface area contributed by atoms with Gasteiger partial charge in [-0.1, -0.05) is 36.4 Å². The second-order valence-electron chi connectivity index (χ2n) is 3.90. The Morgan fingerprint density at radius 1 is 1.39 bits per heavy atom. The molecule has 4 heteroatoms. The highest BCUT2D eigenvalue weighted by Gasteiger charge is 2.15. The molecular weight excluding hydrogens is 228 g/mol. The predicted molar refractivity (Wildman–Crippen MR) is 71.4 cm³/mol. The molecule has 0 spiro atoms. The van der Waals surface area contributed by atoms with Crippen LogP contribution >= 0.6 is 0 Å². The van der Waals surface area contributed by atoms with Crippen molar-refractivity contribution < 1.29 is 9.63 Å². The lowest BCUT2D eigenvalue weighted by Crippen LogP contribution is -2.28. The molecule has 0 fully saturated rings. The van der Waals surface area contributed by atoms with E-state index >= 15 is 0 Å². The van der Waals surface area contributed by atoms with Gasteiger partial charge >= 0.3 is 5.97 Å². The number of likely N-dealkylation sites (N-methyl/N-ethyl adjacent to an activating group) is 1. The van der Waals surface area contributed by atoms with Gasteiger partial charge in [0.25, 0.3) is 0 Å². The van der Waals surface area contributed by atoms with Gasteiger partial charge in [0.05, 0.1) is 0 Å². The first kappa shape index (κ1) is 14.3. The number of rotatable bonds is 6. The molecule has 1 aromatic rings. The van der Waals surface area contributed by atoms with Crippen molar-refractivity contribution in [3.8, 4) is 0 Å². The normalized spacial score (nSPS) is 11.2. The maximum absolute atomic E-state index is 11.8. The van der Waals surface area contributed by atoms with Crippen LogP contribution in [0.2, 0.25) is 0 Å². The summed E-state index contributed by atoms with van der Waals surface area (Å²) in [5, 5.41) is 0. The summed E-state index contributed by atoms with van der Waals surface area (Å²) in [6.45, 7) is 4.95. The molecule has 98 valence electrons. The molecule has 0 amide bonds. The molecule has 0 aromatic heterocycles. The van der Waals surface area contributed by atoms with Crippen molar-refractivity contribution in [3.05, 3.63) is 47.7 Å². The van der Waals surface area contributed by atoms with Gasteiger partial charge in [-0.15, -0.1) is 0 Å². The smallest absolute Gasteiger partial charge is 0.366 e. The van der Waals surface area contributed by atoms with Crippen LogP contribution in [-0.2, 0) is 16.2 Å². The van der Waals surface area contributed by atoms with Gasteiger partial charge in [-0.3, -0.25) is 0 Å². The summed E-state index contributed by atoms with van der Waals surface area (Å²) in [4.78, 5) is 18.5. The van der Waals surface area contributed by atoms with Gasteiger partial charge in [0.15, 0.2) is 0 Å². The average molecular weight is 248 g/mol. The summed E-state index contributed by atoms with van der Waals surface area (Å²) in [6.07, 6.45) is 1.75. The van der Waals surface area contributed by atoms with E-state index in [9.17, 15) is 4.79 Å². The van der Waals surface area contributed by atoms with E-state index in [1.165, 1.54) is 0 Å². The van der Waals surface area contributed by atoms with Gasteiger partial charge in [0.1, 0.15) is 5.70 Å². The number of hydrogen-bond donors (Lipinski definition) is 1. The van der Waals surface area contributed by atoms with Gasteiger partial charge in [-0.05, 0) is 19.4 Å². The standard InChI is InChI=1S/C14H20N2O2/c1-4-13(14(17)18-15-5-2)16(3)11-12-9-7-6-8-10-12/h4,6-10,15H,5,11H2,1-3H3/b13-4-. The van der Waals surface area contributed by atoms with Gasteiger partial charge in [0, 0.05) is 20.1 Å². The second kappa shape index (κ2) is 7.50. The van der Waals surface area contributed by atoms with E-state index in [-0.39, 0.29) is 5.97 Å². The van der Waals surface area contributed by atoms with Crippen LogP contribution in [0.15, 0.2) is 42.1 Å². The van der Waals surface area contributed by atoms with Crippen molar-refractivity contribution in [2.24, 2.45) is 0 Å². The third-order valence-electron chi connectivity index (χ3n) is 2.47. The highest BCUT2D eigenvalue weighted by Crippen LogP contribution is 2.09. The number of carbonyl (C=O) groups is 1. The first-order valence-electron chi connectivity index (χ1n) is 6.04. The van der Waals surface area contributed by atoms with Crippen LogP contribution in [0.5, 0.6) is 0 Å². The fourth-order valence-electron chi connectivity index (χ4n) is 1.63. The van der Waals surface area contributed by atoms with Crippen LogP contribution < -0.4 is 5.48 Å². The van der Waals surface area contributed by atoms with Crippen LogP contribution in [0.3, 0.4) is 0 Å². The molecule has 1 aromatic carbocycles. The summed E-state index contributed by atoms with van der Waals surface area (Å²) in [6, 6.07) is 9.99. The lowest BCUT2D eigenvalue weighted by molar-refractivity contribution is -0.147. The summed E-state index contributed by atoms with van der Waals surface area (Å²) in [7, 11) is 1.87. The molecule has 0 atom stereocenters. The number of allylic oxidation sites excluding steroid dienone is 1. The zero-order valence-electron chi connectivity index (χ0n) is 11.1. The molecule has 0 unspecified atom stereocenters. The molecule has 18 heavy (non-hydrogen) atoms. The number of hydroxylamine groups is 1. The Morgan fingerprint density at radius 3 is 2.61 bits per heavy atom. The van der Waals surface area contributed by atoms with E-state index < -0.39 is 0 Å². The largest absolute Gasteiger partial charge is 0.372 e. The van der Waals surface area contributed by atoms with Crippen LogP contribution in [0.4, 0.5) is 0 Å². The molecule has 0 aliphatic heterocycles. The van der Waals surface area contributed by atoms with E-state index in [0.717, 1.165) is 5.56 Å². The molecule has 1 rings (SSSR count). The molecule has 0 saturated carbocycles. The zero-order valence-corrected chi connectivity index (χ0v) is 11.1. The molecule has 0 bridgehead atoms. The quantitative estimate of drug-likeness (QED) is 0.618. The van der Waals surface area contributed by atoms with Crippen LogP contribution in [0, 0.1) is 0 Å². The average Bonchev–Trinajstić information content (AvgIpc) is 2.38. The van der Waals surface area contributed by atoms with Gasteiger partial charge in [-0.2, -0.15) is 5.48 Å². The van der Waals surface area contributed by atoms with Crippen LogP contribution in [-0.4, -0.2) is 24.5 Å². The van der Waals surface area contributed by atoms with Crippen molar-refractivity contribution in [3.63, 3.8) is 0 Å². The SMILES string of the molecule is C/C=C(/C(=O)ONCC)N(C)Cc1ccccc1. The molecule has 0 radical (unpaired) electrons. The summed E-state index contributed by atoms with van der Waals surface area (Å²) in [5.74, 6) is -0.363. The molecule has 0 aliphatic carbocycles.